The molecule has 2 rings (SSSR count). The van der Waals surface area contributed by atoms with Crippen molar-refractivity contribution in [2.24, 2.45) is 17.6 Å². The Morgan fingerprint density at radius 3 is 2.65 bits per heavy atom. The van der Waals surface area contributed by atoms with Crippen LogP contribution in [0.25, 0.3) is 0 Å². The van der Waals surface area contributed by atoms with E-state index in [1.165, 1.54) is 12.0 Å². The smallest absolute Gasteiger partial charge is 0.227 e. The Morgan fingerprint density at radius 2 is 2.00 bits per heavy atom. The van der Waals surface area contributed by atoms with Crippen LogP contribution in [0.4, 0.5) is 0 Å². The molecule has 0 spiro atoms. The molecule has 3 unspecified atom stereocenters. The molecule has 3 heteroatoms. The summed E-state index contributed by atoms with van der Waals surface area (Å²) in [5, 5.41) is 0. The molecule has 1 aliphatic heterocycles. The van der Waals surface area contributed by atoms with E-state index in [0.29, 0.717) is 18.5 Å². The highest BCUT2D eigenvalue weighted by Crippen LogP contribution is 2.23. The highest BCUT2D eigenvalue weighted by atomic mass is 16.2. The van der Waals surface area contributed by atoms with Crippen LogP contribution in [0.15, 0.2) is 30.3 Å². The molecule has 110 valence electrons. The lowest BCUT2D eigenvalue weighted by molar-refractivity contribution is -0.139. The number of hydrogen-bond acceptors (Lipinski definition) is 2. The fourth-order valence-corrected chi connectivity index (χ4v) is 3.00. The largest absolute Gasteiger partial charge is 0.339 e. The number of carbonyl (C=O) groups excluding carboxylic acids is 1. The molecule has 3 nitrogen and oxygen atoms in total. The van der Waals surface area contributed by atoms with E-state index in [4.69, 9.17) is 5.73 Å². The van der Waals surface area contributed by atoms with Crippen LogP contribution in [0, 0.1) is 11.8 Å². The molecule has 3 atom stereocenters. The van der Waals surface area contributed by atoms with Gasteiger partial charge in [-0.25, -0.2) is 0 Å². The van der Waals surface area contributed by atoms with Gasteiger partial charge in [0.25, 0.3) is 0 Å². The van der Waals surface area contributed by atoms with Crippen molar-refractivity contribution >= 4 is 5.91 Å². The average Bonchev–Trinajstić information content (AvgIpc) is 2.47. The van der Waals surface area contributed by atoms with Gasteiger partial charge in [-0.2, -0.15) is 0 Å². The van der Waals surface area contributed by atoms with Crippen LogP contribution in [0.1, 0.15) is 32.3 Å². The van der Waals surface area contributed by atoms with Crippen LogP contribution in [0.2, 0.25) is 0 Å². The van der Waals surface area contributed by atoms with Crippen molar-refractivity contribution in [3.8, 4) is 0 Å². The van der Waals surface area contributed by atoms with E-state index in [0.717, 1.165) is 19.4 Å². The summed E-state index contributed by atoms with van der Waals surface area (Å²) in [6, 6.07) is 10.5. The summed E-state index contributed by atoms with van der Waals surface area (Å²) >= 11 is 0. The van der Waals surface area contributed by atoms with Crippen LogP contribution in [-0.2, 0) is 11.2 Å². The predicted octanol–water partition coefficient (Wildman–Crippen LogP) is 2.45. The van der Waals surface area contributed by atoms with Crippen LogP contribution in [0.3, 0.4) is 0 Å². The maximum absolute atomic E-state index is 12.7. The number of hydrogen-bond donors (Lipinski definition) is 1. The molecule has 1 aromatic carbocycles. The first-order chi connectivity index (χ1) is 9.61. The number of piperidine rings is 1. The first-order valence-electron chi connectivity index (χ1n) is 7.66. The second-order valence-corrected chi connectivity index (χ2v) is 6.14. The third-order valence-electron chi connectivity index (χ3n) is 4.36. The van der Waals surface area contributed by atoms with Gasteiger partial charge >= 0.3 is 0 Å². The van der Waals surface area contributed by atoms with Crippen LogP contribution in [-0.4, -0.2) is 29.9 Å². The van der Waals surface area contributed by atoms with E-state index >= 15 is 0 Å². The summed E-state index contributed by atoms with van der Waals surface area (Å²) in [6.07, 6.45) is 3.07. The van der Waals surface area contributed by atoms with Gasteiger partial charge in [-0.05, 0) is 37.7 Å². The molecule has 1 heterocycles. The first kappa shape index (κ1) is 15.0. The van der Waals surface area contributed by atoms with Gasteiger partial charge in [0.2, 0.25) is 5.91 Å². The standard InChI is InChI=1S/C17H26N2O/c1-13-8-9-14(2)19(12-13)17(20)16(11-18)10-15-6-4-3-5-7-15/h3-7,13-14,16H,8-12,18H2,1-2H3. The maximum Gasteiger partial charge on any atom is 0.227 e. The Kier molecular flexibility index (Phi) is 5.18. The third kappa shape index (κ3) is 3.60. The number of nitrogens with two attached hydrogens (primary N) is 1. The quantitative estimate of drug-likeness (QED) is 0.916. The summed E-state index contributed by atoms with van der Waals surface area (Å²) in [4.78, 5) is 14.8. The molecule has 0 saturated carbocycles. The van der Waals surface area contributed by atoms with Crippen molar-refractivity contribution in [1.82, 2.24) is 4.90 Å². The molecule has 2 N–H and O–H groups in total. The molecule has 1 amide bonds. The highest BCUT2D eigenvalue weighted by Gasteiger charge is 2.30. The lowest BCUT2D eigenvalue weighted by atomic mass is 9.91. The number of likely N-dealkylation sites (tertiary alicyclic amines) is 1. The van der Waals surface area contributed by atoms with Crippen LogP contribution < -0.4 is 5.73 Å². The SMILES string of the molecule is CC1CCC(C)N(C(=O)C(CN)Cc2ccccc2)C1. The van der Waals surface area contributed by atoms with E-state index in [1.807, 2.05) is 18.2 Å². The fraction of sp³-hybridized carbons (Fsp3) is 0.588. The second kappa shape index (κ2) is 6.89. The zero-order valence-corrected chi connectivity index (χ0v) is 12.6. The van der Waals surface area contributed by atoms with Gasteiger partial charge < -0.3 is 10.6 Å². The van der Waals surface area contributed by atoms with E-state index in [9.17, 15) is 4.79 Å². The Balaban J connectivity index is 2.04. The van der Waals surface area contributed by atoms with Gasteiger partial charge in [0.1, 0.15) is 0 Å². The van der Waals surface area contributed by atoms with E-state index in [-0.39, 0.29) is 11.8 Å². The van der Waals surface area contributed by atoms with Gasteiger partial charge in [0.15, 0.2) is 0 Å². The third-order valence-corrected chi connectivity index (χ3v) is 4.36. The average molecular weight is 274 g/mol. The highest BCUT2D eigenvalue weighted by molar-refractivity contribution is 5.79. The number of rotatable bonds is 4. The summed E-state index contributed by atoms with van der Waals surface area (Å²) in [7, 11) is 0. The van der Waals surface area contributed by atoms with E-state index < -0.39 is 0 Å². The lowest BCUT2D eigenvalue weighted by Crippen LogP contribution is -2.49. The molecule has 0 aliphatic carbocycles. The summed E-state index contributed by atoms with van der Waals surface area (Å²) in [5.74, 6) is 0.742. The molecule has 1 aromatic rings. The van der Waals surface area contributed by atoms with Gasteiger partial charge in [-0.1, -0.05) is 37.3 Å². The Morgan fingerprint density at radius 1 is 1.30 bits per heavy atom. The van der Waals surface area contributed by atoms with E-state index in [2.05, 4.69) is 30.9 Å². The van der Waals surface area contributed by atoms with Crippen molar-refractivity contribution < 1.29 is 4.79 Å². The van der Waals surface area contributed by atoms with Crippen LogP contribution >= 0.6 is 0 Å². The molecule has 20 heavy (non-hydrogen) atoms. The number of nitrogens with zero attached hydrogens (tertiary/aromatic N) is 1. The Labute approximate surface area is 122 Å². The molecular weight excluding hydrogens is 248 g/mol. The molecule has 1 aliphatic rings. The normalized spacial score (nSPS) is 24.4. The summed E-state index contributed by atoms with van der Waals surface area (Å²) < 4.78 is 0. The molecule has 0 aromatic heterocycles. The molecule has 0 radical (unpaired) electrons. The Bertz CT molecular complexity index is 432. The van der Waals surface area contributed by atoms with Crippen molar-refractivity contribution in [1.29, 1.82) is 0 Å². The lowest BCUT2D eigenvalue weighted by Gasteiger charge is -2.38. The molecule has 1 saturated heterocycles. The molecular formula is C17H26N2O. The topological polar surface area (TPSA) is 46.3 Å². The van der Waals surface area contributed by atoms with E-state index in [1.54, 1.807) is 0 Å². The van der Waals surface area contributed by atoms with Gasteiger partial charge in [0.05, 0.1) is 5.92 Å². The monoisotopic (exact) mass is 274 g/mol. The minimum atomic E-state index is -0.0925. The van der Waals surface area contributed by atoms with Crippen molar-refractivity contribution in [3.63, 3.8) is 0 Å². The fourth-order valence-electron chi connectivity index (χ4n) is 3.00. The van der Waals surface area contributed by atoms with Crippen molar-refractivity contribution in [3.05, 3.63) is 35.9 Å². The minimum Gasteiger partial charge on any atom is -0.339 e. The summed E-state index contributed by atoms with van der Waals surface area (Å²) in [5.41, 5.74) is 7.05. The Hall–Kier alpha value is -1.35. The second-order valence-electron chi connectivity index (χ2n) is 6.14. The van der Waals surface area contributed by atoms with Gasteiger partial charge in [-0.3, -0.25) is 4.79 Å². The number of amides is 1. The van der Waals surface area contributed by atoms with Crippen LogP contribution in [0.5, 0.6) is 0 Å². The number of carbonyl (C=O) groups is 1. The first-order valence-corrected chi connectivity index (χ1v) is 7.66. The maximum atomic E-state index is 12.7. The van der Waals surface area contributed by atoms with Crippen molar-refractivity contribution in [2.75, 3.05) is 13.1 Å². The molecule has 0 bridgehead atoms. The molecule has 1 fully saturated rings. The summed E-state index contributed by atoms with van der Waals surface area (Å²) in [6.45, 7) is 5.68. The van der Waals surface area contributed by atoms with Gasteiger partial charge in [0, 0.05) is 19.1 Å². The zero-order valence-electron chi connectivity index (χ0n) is 12.6. The predicted molar refractivity (Wildman–Crippen MR) is 82.3 cm³/mol. The minimum absolute atomic E-state index is 0.0925. The van der Waals surface area contributed by atoms with Crippen molar-refractivity contribution in [2.45, 2.75) is 39.2 Å². The zero-order chi connectivity index (χ0) is 14.5. The number of benzene rings is 1. The van der Waals surface area contributed by atoms with Gasteiger partial charge in [-0.15, -0.1) is 0 Å².